The highest BCUT2D eigenvalue weighted by Gasteiger charge is 2.11. The van der Waals surface area contributed by atoms with Crippen molar-refractivity contribution in [3.05, 3.63) is 29.6 Å². The molecule has 0 saturated heterocycles. The second-order valence-electron chi connectivity index (χ2n) is 3.01. The van der Waals surface area contributed by atoms with Gasteiger partial charge in [-0.1, -0.05) is 0 Å². The first-order valence-electron chi connectivity index (χ1n) is 4.39. The van der Waals surface area contributed by atoms with Crippen molar-refractivity contribution in [2.45, 2.75) is 17.4 Å². The second kappa shape index (κ2) is 5.34. The van der Waals surface area contributed by atoms with Crippen LogP contribution in [0.1, 0.15) is 18.0 Å². The fraction of sp³-hybridized carbons (Fsp3) is 0.400. The van der Waals surface area contributed by atoms with E-state index < -0.39 is 0 Å². The summed E-state index contributed by atoms with van der Waals surface area (Å²) >= 11 is 1.53. The van der Waals surface area contributed by atoms with Crippen LogP contribution in [0.3, 0.4) is 0 Å². The number of rotatable bonds is 4. The van der Waals surface area contributed by atoms with E-state index in [0.29, 0.717) is 6.42 Å². The van der Waals surface area contributed by atoms with Gasteiger partial charge in [-0.2, -0.15) is 0 Å². The first-order valence-corrected chi connectivity index (χ1v) is 5.61. The molecule has 14 heavy (non-hydrogen) atoms. The van der Waals surface area contributed by atoms with Gasteiger partial charge in [0.2, 0.25) is 0 Å². The average molecular weight is 215 g/mol. The largest absolute Gasteiger partial charge is 0.396 e. The summed E-state index contributed by atoms with van der Waals surface area (Å²) in [6.45, 7) is 0.0193. The molecule has 0 amide bonds. The van der Waals surface area contributed by atoms with E-state index in [9.17, 15) is 4.39 Å². The van der Waals surface area contributed by atoms with Gasteiger partial charge in [0.05, 0.1) is 0 Å². The number of benzene rings is 1. The molecule has 0 heterocycles. The minimum atomic E-state index is -0.293. The summed E-state index contributed by atoms with van der Waals surface area (Å²) in [6, 6.07) is 4.28. The molecule has 1 aromatic rings. The van der Waals surface area contributed by atoms with Crippen molar-refractivity contribution in [3.8, 4) is 0 Å². The van der Waals surface area contributed by atoms with Gasteiger partial charge in [-0.05, 0) is 36.4 Å². The van der Waals surface area contributed by atoms with Crippen LogP contribution in [0.25, 0.3) is 0 Å². The van der Waals surface area contributed by atoms with E-state index in [4.69, 9.17) is 10.8 Å². The zero-order chi connectivity index (χ0) is 10.6. The Labute approximate surface area is 87.3 Å². The Kier molecular flexibility index (Phi) is 4.38. The van der Waals surface area contributed by atoms with Crippen molar-refractivity contribution in [1.82, 2.24) is 0 Å². The predicted octanol–water partition coefficient (Wildman–Crippen LogP) is 1.93. The van der Waals surface area contributed by atoms with Gasteiger partial charge in [0.25, 0.3) is 0 Å². The van der Waals surface area contributed by atoms with Crippen LogP contribution in [0.2, 0.25) is 0 Å². The number of thioether (sulfide) groups is 1. The Morgan fingerprint density at radius 3 is 2.86 bits per heavy atom. The highest BCUT2D eigenvalue weighted by atomic mass is 32.2. The minimum absolute atomic E-state index is 0.0193. The first kappa shape index (κ1) is 11.5. The first-order chi connectivity index (χ1) is 6.69. The van der Waals surface area contributed by atoms with Gasteiger partial charge in [-0.3, -0.25) is 0 Å². The molecular formula is C10H14FNOS. The summed E-state index contributed by atoms with van der Waals surface area (Å²) in [5.74, 6) is -0.286. The average Bonchev–Trinajstić information content (AvgIpc) is 2.18. The number of nitrogens with two attached hydrogens (primary N) is 1. The maximum atomic E-state index is 13.0. The molecule has 2 nitrogen and oxygen atoms in total. The molecule has 0 bridgehead atoms. The van der Waals surface area contributed by atoms with Crippen LogP contribution in [0.5, 0.6) is 0 Å². The van der Waals surface area contributed by atoms with Gasteiger partial charge in [0.15, 0.2) is 0 Å². The Morgan fingerprint density at radius 2 is 2.29 bits per heavy atom. The minimum Gasteiger partial charge on any atom is -0.396 e. The van der Waals surface area contributed by atoms with Crippen LogP contribution in [0, 0.1) is 5.82 Å². The molecule has 3 N–H and O–H groups in total. The zero-order valence-corrected chi connectivity index (χ0v) is 8.85. The Hall–Kier alpha value is -0.580. The number of halogens is 1. The van der Waals surface area contributed by atoms with Crippen molar-refractivity contribution in [1.29, 1.82) is 0 Å². The molecule has 1 rings (SSSR count). The summed E-state index contributed by atoms with van der Waals surface area (Å²) < 4.78 is 13.0. The highest BCUT2D eigenvalue weighted by Crippen LogP contribution is 2.26. The Morgan fingerprint density at radius 1 is 1.57 bits per heavy atom. The molecule has 1 unspecified atom stereocenters. The van der Waals surface area contributed by atoms with Crippen LogP contribution in [-0.2, 0) is 0 Å². The molecule has 78 valence electrons. The maximum Gasteiger partial charge on any atom is 0.123 e. The van der Waals surface area contributed by atoms with Gasteiger partial charge < -0.3 is 10.8 Å². The number of hydrogen-bond acceptors (Lipinski definition) is 3. The summed E-state index contributed by atoms with van der Waals surface area (Å²) in [5.41, 5.74) is 6.58. The lowest BCUT2D eigenvalue weighted by molar-refractivity contribution is 0.276. The molecule has 0 fully saturated rings. The van der Waals surface area contributed by atoms with E-state index in [1.807, 2.05) is 6.26 Å². The topological polar surface area (TPSA) is 46.2 Å². The van der Waals surface area contributed by atoms with Crippen LogP contribution in [0.15, 0.2) is 23.1 Å². The van der Waals surface area contributed by atoms with Crippen LogP contribution >= 0.6 is 11.8 Å². The lowest BCUT2D eigenvalue weighted by Gasteiger charge is -2.14. The second-order valence-corrected chi connectivity index (χ2v) is 3.85. The van der Waals surface area contributed by atoms with E-state index in [1.54, 1.807) is 6.07 Å². The van der Waals surface area contributed by atoms with Crippen molar-refractivity contribution < 1.29 is 9.50 Å². The summed E-state index contributed by atoms with van der Waals surface area (Å²) in [6.07, 6.45) is 2.37. The van der Waals surface area contributed by atoms with Gasteiger partial charge in [0.1, 0.15) is 5.82 Å². The highest BCUT2D eigenvalue weighted by molar-refractivity contribution is 7.98. The van der Waals surface area contributed by atoms with E-state index in [0.717, 1.165) is 10.5 Å². The summed E-state index contributed by atoms with van der Waals surface area (Å²) in [4.78, 5) is 0.965. The molecule has 0 saturated carbocycles. The molecule has 0 aliphatic heterocycles. The fourth-order valence-electron chi connectivity index (χ4n) is 1.29. The third kappa shape index (κ3) is 2.70. The smallest absolute Gasteiger partial charge is 0.123 e. The van der Waals surface area contributed by atoms with Crippen LogP contribution in [0.4, 0.5) is 4.39 Å². The molecule has 0 aromatic heterocycles. The molecule has 0 aliphatic rings. The predicted molar refractivity (Wildman–Crippen MR) is 56.8 cm³/mol. The Balaban J connectivity index is 2.97. The quantitative estimate of drug-likeness (QED) is 0.754. The van der Waals surface area contributed by atoms with Crippen molar-refractivity contribution in [3.63, 3.8) is 0 Å². The van der Waals surface area contributed by atoms with Crippen molar-refractivity contribution >= 4 is 11.8 Å². The molecule has 1 aromatic carbocycles. The fourth-order valence-corrected chi connectivity index (χ4v) is 1.94. The van der Waals surface area contributed by atoms with Gasteiger partial charge >= 0.3 is 0 Å². The third-order valence-corrected chi connectivity index (χ3v) is 2.84. The lowest BCUT2D eigenvalue weighted by Crippen LogP contribution is -2.13. The number of aliphatic hydroxyl groups excluding tert-OH is 1. The zero-order valence-electron chi connectivity index (χ0n) is 8.03. The van der Waals surface area contributed by atoms with E-state index in [-0.39, 0.29) is 18.5 Å². The Bertz CT molecular complexity index is 306. The van der Waals surface area contributed by atoms with Crippen LogP contribution in [-0.4, -0.2) is 18.0 Å². The molecule has 0 spiro atoms. The molecule has 0 aliphatic carbocycles. The van der Waals surface area contributed by atoms with Gasteiger partial charge in [-0.15, -0.1) is 11.8 Å². The van der Waals surface area contributed by atoms with Gasteiger partial charge in [0, 0.05) is 17.5 Å². The molecular weight excluding hydrogens is 201 g/mol. The van der Waals surface area contributed by atoms with E-state index in [1.165, 1.54) is 23.9 Å². The summed E-state index contributed by atoms with van der Waals surface area (Å²) in [7, 11) is 0. The SMILES string of the molecule is CSc1ccc(F)cc1C(N)CCO. The normalized spacial score (nSPS) is 12.9. The molecule has 4 heteroatoms. The van der Waals surface area contributed by atoms with E-state index in [2.05, 4.69) is 0 Å². The van der Waals surface area contributed by atoms with Crippen molar-refractivity contribution in [2.24, 2.45) is 5.73 Å². The monoisotopic (exact) mass is 215 g/mol. The number of aliphatic hydroxyl groups is 1. The molecule has 0 radical (unpaired) electrons. The van der Waals surface area contributed by atoms with Crippen molar-refractivity contribution in [2.75, 3.05) is 12.9 Å². The summed E-state index contributed by atoms with van der Waals surface area (Å²) in [5, 5.41) is 8.75. The third-order valence-electron chi connectivity index (χ3n) is 2.03. The molecule has 1 atom stereocenters. The standard InChI is InChI=1S/C10H14FNOS/c1-14-10-3-2-7(11)6-8(10)9(12)4-5-13/h2-3,6,9,13H,4-5,12H2,1H3. The van der Waals surface area contributed by atoms with Crippen LogP contribution < -0.4 is 5.73 Å². The van der Waals surface area contributed by atoms with Gasteiger partial charge in [-0.25, -0.2) is 4.39 Å². The van der Waals surface area contributed by atoms with E-state index >= 15 is 0 Å². The lowest BCUT2D eigenvalue weighted by atomic mass is 10.1. The maximum absolute atomic E-state index is 13.0. The number of hydrogen-bond donors (Lipinski definition) is 2.